The monoisotopic (exact) mass is 463 g/mol. The van der Waals surface area contributed by atoms with Gasteiger partial charge in [0.05, 0.1) is 17.7 Å². The van der Waals surface area contributed by atoms with Crippen LogP contribution in [0.4, 0.5) is 0 Å². The Morgan fingerprint density at radius 3 is 2.33 bits per heavy atom. The maximum absolute atomic E-state index is 12.9. The average molecular weight is 464 g/mol. The number of carboxylic acids is 1. The first kappa shape index (κ1) is 22.9. The first-order valence-corrected chi connectivity index (χ1v) is 11.5. The molecule has 0 bridgehead atoms. The summed E-state index contributed by atoms with van der Waals surface area (Å²) in [4.78, 5) is 23.9. The van der Waals surface area contributed by atoms with Gasteiger partial charge in [-0.2, -0.15) is 0 Å². The lowest BCUT2D eigenvalue weighted by Crippen LogP contribution is -2.27. The number of ether oxygens (including phenoxy) is 1. The van der Waals surface area contributed by atoms with Crippen molar-refractivity contribution < 1.29 is 19.4 Å². The minimum Gasteiger partial charge on any atom is -0.493 e. The summed E-state index contributed by atoms with van der Waals surface area (Å²) in [7, 11) is 0. The number of carbonyl (C=O) groups is 2. The van der Waals surface area contributed by atoms with Crippen molar-refractivity contribution in [2.24, 2.45) is 0 Å². The van der Waals surface area contributed by atoms with Crippen molar-refractivity contribution in [1.29, 1.82) is 0 Å². The molecule has 1 saturated carbocycles. The molecular weight excluding hydrogens is 438 g/mol. The van der Waals surface area contributed by atoms with E-state index in [1.54, 1.807) is 30.3 Å². The van der Waals surface area contributed by atoms with Crippen LogP contribution in [-0.4, -0.2) is 29.6 Å². The Balaban J connectivity index is 1.39. The van der Waals surface area contributed by atoms with Crippen LogP contribution in [0, 0.1) is 0 Å². The second-order valence-electron chi connectivity index (χ2n) is 8.27. The summed E-state index contributed by atoms with van der Waals surface area (Å²) in [6, 6.07) is 20.2. The molecule has 1 fully saturated rings. The van der Waals surface area contributed by atoms with Crippen LogP contribution in [0.2, 0.25) is 5.02 Å². The summed E-state index contributed by atoms with van der Waals surface area (Å²) in [5, 5.41) is 12.7. The van der Waals surface area contributed by atoms with Crippen molar-refractivity contribution in [2.45, 2.75) is 38.1 Å². The molecule has 0 saturated heterocycles. The van der Waals surface area contributed by atoms with Gasteiger partial charge in [-0.1, -0.05) is 61.3 Å². The number of benzene rings is 3. The molecule has 5 nitrogen and oxygen atoms in total. The third kappa shape index (κ3) is 5.55. The number of amides is 1. The van der Waals surface area contributed by atoms with Gasteiger partial charge in [-0.05, 0) is 59.9 Å². The number of carbonyl (C=O) groups excluding carboxylic acids is 1. The van der Waals surface area contributed by atoms with Gasteiger partial charge in [-0.25, -0.2) is 4.79 Å². The molecule has 0 unspecified atom stereocenters. The van der Waals surface area contributed by atoms with Gasteiger partial charge in [0, 0.05) is 17.0 Å². The van der Waals surface area contributed by atoms with Gasteiger partial charge in [-0.3, -0.25) is 4.79 Å². The van der Waals surface area contributed by atoms with Gasteiger partial charge < -0.3 is 15.2 Å². The molecule has 2 N–H and O–H groups in total. The second kappa shape index (κ2) is 10.1. The van der Waals surface area contributed by atoms with Gasteiger partial charge in [0.15, 0.2) is 0 Å². The molecule has 4 rings (SSSR count). The van der Waals surface area contributed by atoms with Crippen LogP contribution in [0.15, 0.2) is 66.7 Å². The number of halogens is 1. The van der Waals surface area contributed by atoms with Crippen LogP contribution >= 0.6 is 11.6 Å². The van der Waals surface area contributed by atoms with E-state index in [9.17, 15) is 9.59 Å². The fraction of sp³-hybridized carbons (Fsp3) is 0.259. The standard InChI is InChI=1S/C27H26ClNO4/c1-2-3-14-33-25-13-12-21(28)15-23(25)26(30)29-24-16-22(24)19-8-4-17(5-9-19)18-6-10-20(11-7-18)27(31)32/h4-13,15,22,24H,2-3,14,16H2,1H3,(H,29,30)(H,31,32)/t22-,24+/m1/s1. The number of unbranched alkanes of at least 4 members (excludes halogenated alkanes) is 1. The molecule has 3 aromatic carbocycles. The average Bonchev–Trinajstić information content (AvgIpc) is 3.59. The van der Waals surface area contributed by atoms with Crippen LogP contribution in [0.3, 0.4) is 0 Å². The van der Waals surface area contributed by atoms with E-state index < -0.39 is 5.97 Å². The Labute approximate surface area is 198 Å². The summed E-state index contributed by atoms with van der Waals surface area (Å²) in [5.74, 6) is -0.287. The Kier molecular flexibility index (Phi) is 6.99. The Hall–Kier alpha value is -3.31. The number of hydrogen-bond acceptors (Lipinski definition) is 3. The van der Waals surface area contributed by atoms with E-state index in [1.807, 2.05) is 24.3 Å². The molecule has 0 radical (unpaired) electrons. The fourth-order valence-corrected chi connectivity index (χ4v) is 4.00. The lowest BCUT2D eigenvalue weighted by Gasteiger charge is -2.12. The predicted octanol–water partition coefficient (Wildman–Crippen LogP) is 6.17. The quantitative estimate of drug-likeness (QED) is 0.372. The largest absolute Gasteiger partial charge is 0.493 e. The minimum atomic E-state index is -0.934. The fourth-order valence-electron chi connectivity index (χ4n) is 3.83. The summed E-state index contributed by atoms with van der Waals surface area (Å²) in [5.41, 5.74) is 3.88. The lowest BCUT2D eigenvalue weighted by atomic mass is 10.0. The maximum Gasteiger partial charge on any atom is 0.335 e. The Morgan fingerprint density at radius 2 is 1.70 bits per heavy atom. The highest BCUT2D eigenvalue weighted by Gasteiger charge is 2.39. The third-order valence-electron chi connectivity index (χ3n) is 5.85. The molecule has 0 aromatic heterocycles. The number of carboxylic acid groups (broad SMARTS) is 1. The summed E-state index contributed by atoms with van der Waals surface area (Å²) in [6.45, 7) is 2.66. The third-order valence-corrected chi connectivity index (χ3v) is 6.09. The van der Waals surface area contributed by atoms with Crippen molar-refractivity contribution in [3.63, 3.8) is 0 Å². The van der Waals surface area contributed by atoms with Crippen LogP contribution in [0.1, 0.15) is 58.4 Å². The van der Waals surface area contributed by atoms with Gasteiger partial charge in [0.2, 0.25) is 0 Å². The zero-order chi connectivity index (χ0) is 23.4. The second-order valence-corrected chi connectivity index (χ2v) is 8.71. The van der Waals surface area contributed by atoms with Crippen molar-refractivity contribution in [3.05, 3.63) is 88.4 Å². The SMILES string of the molecule is CCCCOc1ccc(Cl)cc1C(=O)N[C@H]1C[C@@H]1c1ccc(-c2ccc(C(=O)O)cc2)cc1. The topological polar surface area (TPSA) is 75.6 Å². The number of aromatic carboxylic acids is 1. The molecule has 0 aliphatic heterocycles. The van der Waals surface area contributed by atoms with Crippen LogP contribution in [-0.2, 0) is 0 Å². The van der Waals surface area contributed by atoms with Gasteiger partial charge in [-0.15, -0.1) is 0 Å². The van der Waals surface area contributed by atoms with Crippen molar-refractivity contribution >= 4 is 23.5 Å². The molecule has 170 valence electrons. The predicted molar refractivity (Wildman–Crippen MR) is 129 cm³/mol. The van der Waals surface area contributed by atoms with E-state index in [-0.39, 0.29) is 23.4 Å². The maximum atomic E-state index is 12.9. The van der Waals surface area contributed by atoms with Crippen molar-refractivity contribution in [1.82, 2.24) is 5.32 Å². The summed E-state index contributed by atoms with van der Waals surface area (Å²) >= 11 is 6.12. The minimum absolute atomic E-state index is 0.0701. The van der Waals surface area contributed by atoms with Crippen LogP contribution < -0.4 is 10.1 Å². The van der Waals surface area contributed by atoms with Crippen LogP contribution in [0.5, 0.6) is 5.75 Å². The molecule has 33 heavy (non-hydrogen) atoms. The van der Waals surface area contributed by atoms with E-state index in [2.05, 4.69) is 24.4 Å². The molecule has 0 heterocycles. The molecule has 1 amide bonds. The lowest BCUT2D eigenvalue weighted by molar-refractivity contribution is 0.0696. The van der Waals surface area contributed by atoms with Crippen molar-refractivity contribution in [2.75, 3.05) is 6.61 Å². The Morgan fingerprint density at radius 1 is 1.03 bits per heavy atom. The van der Waals surface area contributed by atoms with Crippen LogP contribution in [0.25, 0.3) is 11.1 Å². The van der Waals surface area contributed by atoms with Gasteiger partial charge in [0.1, 0.15) is 5.75 Å². The zero-order valence-corrected chi connectivity index (χ0v) is 19.1. The molecule has 3 aromatic rings. The normalized spacial score (nSPS) is 16.8. The van der Waals surface area contributed by atoms with Gasteiger partial charge >= 0.3 is 5.97 Å². The molecule has 6 heteroatoms. The first-order chi connectivity index (χ1) is 16.0. The highest BCUT2D eigenvalue weighted by atomic mass is 35.5. The highest BCUT2D eigenvalue weighted by molar-refractivity contribution is 6.31. The molecule has 1 aliphatic rings. The highest BCUT2D eigenvalue weighted by Crippen LogP contribution is 2.41. The Bertz CT molecular complexity index is 1140. The summed E-state index contributed by atoms with van der Waals surface area (Å²) in [6.07, 6.45) is 2.82. The number of hydrogen-bond donors (Lipinski definition) is 2. The first-order valence-electron chi connectivity index (χ1n) is 11.1. The smallest absolute Gasteiger partial charge is 0.335 e. The molecule has 1 aliphatic carbocycles. The molecule has 2 atom stereocenters. The molecular formula is C27H26ClNO4. The van der Waals surface area contributed by atoms with E-state index in [1.165, 1.54) is 0 Å². The van der Waals surface area contributed by atoms with E-state index >= 15 is 0 Å². The van der Waals surface area contributed by atoms with Gasteiger partial charge in [0.25, 0.3) is 5.91 Å². The van der Waals surface area contributed by atoms with E-state index in [0.29, 0.717) is 22.9 Å². The summed E-state index contributed by atoms with van der Waals surface area (Å²) < 4.78 is 5.79. The number of rotatable bonds is 9. The zero-order valence-electron chi connectivity index (χ0n) is 18.4. The molecule has 0 spiro atoms. The van der Waals surface area contributed by atoms with Crippen molar-refractivity contribution in [3.8, 4) is 16.9 Å². The van der Waals surface area contributed by atoms with E-state index in [4.69, 9.17) is 21.4 Å². The number of nitrogens with one attached hydrogen (secondary N) is 1. The van der Waals surface area contributed by atoms with E-state index in [0.717, 1.165) is 36.0 Å².